The van der Waals surface area contributed by atoms with Gasteiger partial charge >= 0.3 is 0 Å². The van der Waals surface area contributed by atoms with Crippen molar-refractivity contribution in [1.29, 1.82) is 0 Å². The summed E-state index contributed by atoms with van der Waals surface area (Å²) in [5.74, 6) is 0.407. The van der Waals surface area contributed by atoms with Gasteiger partial charge in [-0.05, 0) is 43.7 Å². The van der Waals surface area contributed by atoms with Crippen LogP contribution in [0.25, 0.3) is 0 Å². The van der Waals surface area contributed by atoms with Crippen molar-refractivity contribution in [3.63, 3.8) is 0 Å². The van der Waals surface area contributed by atoms with Crippen molar-refractivity contribution in [1.82, 2.24) is 14.7 Å². The van der Waals surface area contributed by atoms with Gasteiger partial charge in [-0.3, -0.25) is 14.6 Å². The van der Waals surface area contributed by atoms with Crippen LogP contribution < -0.4 is 0 Å². The van der Waals surface area contributed by atoms with Crippen molar-refractivity contribution in [2.75, 3.05) is 39.3 Å². The summed E-state index contributed by atoms with van der Waals surface area (Å²) in [6.07, 6.45) is 1.43. The van der Waals surface area contributed by atoms with Crippen LogP contribution >= 0.6 is 0 Å². The highest BCUT2D eigenvalue weighted by molar-refractivity contribution is 5.86. The van der Waals surface area contributed by atoms with Gasteiger partial charge in [0.25, 0.3) is 5.91 Å². The average molecular weight is 388 g/mol. The van der Waals surface area contributed by atoms with Crippen LogP contribution in [-0.4, -0.2) is 76.6 Å². The molecule has 2 fully saturated rings. The Morgan fingerprint density at radius 3 is 2.21 bits per heavy atom. The summed E-state index contributed by atoms with van der Waals surface area (Å²) in [7, 11) is 0. The van der Waals surface area contributed by atoms with Gasteiger partial charge in [-0.25, -0.2) is 0 Å². The summed E-state index contributed by atoms with van der Waals surface area (Å²) < 4.78 is 0. The third kappa shape index (κ3) is 4.94. The smallest absolute Gasteiger partial charge is 0.256 e. The second kappa shape index (κ2) is 8.93. The van der Waals surface area contributed by atoms with Crippen molar-refractivity contribution >= 4 is 5.91 Å². The highest BCUT2D eigenvalue weighted by Gasteiger charge is 2.43. The Bertz CT molecular complexity index is 650. The molecule has 2 saturated heterocycles. The van der Waals surface area contributed by atoms with E-state index in [0.717, 1.165) is 44.7 Å². The molecule has 0 bridgehead atoms. The number of nitrogens with zero attached hydrogens (tertiary/aromatic N) is 3. The minimum absolute atomic E-state index is 0.0991. The van der Waals surface area contributed by atoms with Crippen molar-refractivity contribution in [2.24, 2.45) is 0 Å². The van der Waals surface area contributed by atoms with E-state index in [2.05, 4.69) is 61.8 Å². The summed E-state index contributed by atoms with van der Waals surface area (Å²) in [5, 5.41) is 11.2. The standard InChI is InChI=1S/C23H37N3O2/c1-18(2)21-8-6-20(7-9-21)16-26-11-5-10-23(28,22(26)27)17-24-12-14-25(15-13-24)19(3)4/h6-9,18-19,28H,5,10-17H2,1-4H3/t23-/m1/s1. The Labute approximate surface area is 170 Å². The molecule has 0 saturated carbocycles. The number of piperidine rings is 1. The zero-order valence-corrected chi connectivity index (χ0v) is 18.0. The highest BCUT2D eigenvalue weighted by Crippen LogP contribution is 2.26. The number of hydrogen-bond acceptors (Lipinski definition) is 4. The van der Waals surface area contributed by atoms with Crippen LogP contribution in [0, 0.1) is 0 Å². The molecule has 0 spiro atoms. The molecular weight excluding hydrogens is 350 g/mol. The molecule has 2 aliphatic rings. The third-order valence-electron chi connectivity index (χ3n) is 6.35. The number of amides is 1. The van der Waals surface area contributed by atoms with Crippen LogP contribution in [-0.2, 0) is 11.3 Å². The highest BCUT2D eigenvalue weighted by atomic mass is 16.3. The monoisotopic (exact) mass is 387 g/mol. The first-order valence-corrected chi connectivity index (χ1v) is 10.9. The van der Waals surface area contributed by atoms with E-state index in [1.807, 2.05) is 4.90 Å². The van der Waals surface area contributed by atoms with Crippen LogP contribution in [0.1, 0.15) is 57.6 Å². The first-order chi connectivity index (χ1) is 13.3. The molecule has 0 aromatic heterocycles. The molecule has 2 heterocycles. The van der Waals surface area contributed by atoms with Crippen LogP contribution in [0.4, 0.5) is 0 Å². The van der Waals surface area contributed by atoms with Crippen LogP contribution in [0.15, 0.2) is 24.3 Å². The van der Waals surface area contributed by atoms with Gasteiger partial charge in [-0.2, -0.15) is 0 Å². The zero-order valence-electron chi connectivity index (χ0n) is 18.0. The van der Waals surface area contributed by atoms with E-state index in [9.17, 15) is 9.90 Å². The van der Waals surface area contributed by atoms with Crippen molar-refractivity contribution in [3.8, 4) is 0 Å². The Morgan fingerprint density at radius 2 is 1.64 bits per heavy atom. The normalized spacial score (nSPS) is 25.1. The number of benzene rings is 1. The molecule has 5 nitrogen and oxygen atoms in total. The van der Waals surface area contributed by atoms with Gasteiger partial charge in [0.05, 0.1) is 0 Å². The number of β-amino-alcohol motifs (C(OH)–C–C–N with tert-alkyl or cyclic N) is 1. The maximum atomic E-state index is 13.1. The Hall–Kier alpha value is -1.43. The quantitative estimate of drug-likeness (QED) is 0.815. The van der Waals surface area contributed by atoms with Crippen molar-refractivity contribution < 1.29 is 9.90 Å². The summed E-state index contributed by atoms with van der Waals surface area (Å²) in [5.41, 5.74) is 1.20. The number of carbonyl (C=O) groups is 1. The average Bonchev–Trinajstić information content (AvgIpc) is 2.66. The topological polar surface area (TPSA) is 47.0 Å². The molecule has 0 aliphatic carbocycles. The largest absolute Gasteiger partial charge is 0.379 e. The van der Waals surface area contributed by atoms with E-state index in [0.29, 0.717) is 31.5 Å². The lowest BCUT2D eigenvalue weighted by atomic mass is 9.90. The number of likely N-dealkylation sites (tertiary alicyclic amines) is 1. The molecule has 1 atom stereocenters. The fourth-order valence-electron chi connectivity index (χ4n) is 4.40. The molecule has 2 aliphatic heterocycles. The molecule has 0 unspecified atom stereocenters. The summed E-state index contributed by atoms with van der Waals surface area (Å²) >= 11 is 0. The molecular formula is C23H37N3O2. The van der Waals surface area contributed by atoms with Crippen LogP contribution in [0.3, 0.4) is 0 Å². The lowest BCUT2D eigenvalue weighted by Crippen LogP contribution is -2.60. The van der Waals surface area contributed by atoms with Crippen molar-refractivity contribution in [2.45, 2.75) is 64.6 Å². The predicted octanol–water partition coefficient (Wildman–Crippen LogP) is 2.69. The number of aliphatic hydroxyl groups is 1. The number of carbonyl (C=O) groups excluding carboxylic acids is 1. The number of hydrogen-bond donors (Lipinski definition) is 1. The van der Waals surface area contributed by atoms with Gasteiger partial charge in [0.2, 0.25) is 0 Å². The Balaban J connectivity index is 1.59. The third-order valence-corrected chi connectivity index (χ3v) is 6.35. The first-order valence-electron chi connectivity index (χ1n) is 10.9. The molecule has 156 valence electrons. The number of piperazine rings is 1. The van der Waals surface area contributed by atoms with E-state index in [1.165, 1.54) is 5.56 Å². The van der Waals surface area contributed by atoms with Gasteiger partial charge in [-0.15, -0.1) is 0 Å². The van der Waals surface area contributed by atoms with Crippen LogP contribution in [0.2, 0.25) is 0 Å². The molecule has 3 rings (SSSR count). The van der Waals surface area contributed by atoms with Gasteiger partial charge < -0.3 is 10.0 Å². The van der Waals surface area contributed by atoms with Crippen LogP contribution in [0.5, 0.6) is 0 Å². The first kappa shape index (κ1) is 21.3. The Kier molecular flexibility index (Phi) is 6.79. The van der Waals surface area contributed by atoms with Gasteiger partial charge in [0.15, 0.2) is 5.60 Å². The summed E-state index contributed by atoms with van der Waals surface area (Å²) in [6.45, 7) is 14.4. The van der Waals surface area contributed by atoms with Gasteiger partial charge in [-0.1, -0.05) is 38.1 Å². The van der Waals surface area contributed by atoms with E-state index < -0.39 is 5.60 Å². The maximum Gasteiger partial charge on any atom is 0.256 e. The molecule has 0 radical (unpaired) electrons. The minimum atomic E-state index is -1.24. The predicted molar refractivity (Wildman–Crippen MR) is 113 cm³/mol. The lowest BCUT2D eigenvalue weighted by molar-refractivity contribution is -0.160. The van der Waals surface area contributed by atoms with E-state index in [1.54, 1.807) is 0 Å². The van der Waals surface area contributed by atoms with Gasteiger partial charge in [0.1, 0.15) is 0 Å². The maximum absolute atomic E-state index is 13.1. The second-order valence-electron chi connectivity index (χ2n) is 9.16. The number of rotatable bonds is 6. The molecule has 28 heavy (non-hydrogen) atoms. The van der Waals surface area contributed by atoms with Gasteiger partial charge in [0, 0.05) is 51.9 Å². The van der Waals surface area contributed by atoms with E-state index >= 15 is 0 Å². The Morgan fingerprint density at radius 1 is 1.00 bits per heavy atom. The summed E-state index contributed by atoms with van der Waals surface area (Å²) in [4.78, 5) is 19.7. The molecule has 1 aromatic carbocycles. The molecule has 5 heteroatoms. The summed E-state index contributed by atoms with van der Waals surface area (Å²) in [6, 6.07) is 9.08. The SMILES string of the molecule is CC(C)c1ccc(CN2CCC[C@@](O)(CN3CCN(C(C)C)CC3)C2=O)cc1. The minimum Gasteiger partial charge on any atom is -0.379 e. The fourth-order valence-corrected chi connectivity index (χ4v) is 4.40. The second-order valence-corrected chi connectivity index (χ2v) is 9.16. The zero-order chi connectivity index (χ0) is 20.3. The fraction of sp³-hybridized carbons (Fsp3) is 0.696. The molecule has 1 N–H and O–H groups in total. The lowest BCUT2D eigenvalue weighted by Gasteiger charge is -2.43. The van der Waals surface area contributed by atoms with E-state index in [4.69, 9.17) is 0 Å². The van der Waals surface area contributed by atoms with Crippen molar-refractivity contribution in [3.05, 3.63) is 35.4 Å². The molecule has 1 aromatic rings. The molecule has 1 amide bonds. The van der Waals surface area contributed by atoms with E-state index in [-0.39, 0.29) is 5.91 Å².